The van der Waals surface area contributed by atoms with E-state index in [1.54, 1.807) is 0 Å². The van der Waals surface area contributed by atoms with Crippen molar-refractivity contribution in [1.29, 1.82) is 0 Å². The van der Waals surface area contributed by atoms with Crippen molar-refractivity contribution in [3.63, 3.8) is 0 Å². The molecular weight excluding hydrogens is 238 g/mol. The molecule has 1 aliphatic rings. The molecule has 1 atom stereocenters. The maximum Gasteiger partial charge on any atom is 0.0772 e. The van der Waals surface area contributed by atoms with Crippen LogP contribution >= 0.6 is 0 Å². The Kier molecular flexibility index (Phi) is 5.34. The summed E-state index contributed by atoms with van der Waals surface area (Å²) in [6.45, 7) is 5.37. The van der Waals surface area contributed by atoms with E-state index < -0.39 is 0 Å². The van der Waals surface area contributed by atoms with Crippen LogP contribution in [0.1, 0.15) is 64.1 Å². The molecule has 0 bridgehead atoms. The molecule has 108 valence electrons. The first-order valence-corrected chi connectivity index (χ1v) is 7.64. The Morgan fingerprint density at radius 3 is 2.68 bits per heavy atom. The van der Waals surface area contributed by atoms with Gasteiger partial charge < -0.3 is 0 Å². The average Bonchev–Trinajstić information content (AvgIpc) is 2.89. The maximum atomic E-state index is 5.81. The highest BCUT2D eigenvalue weighted by Gasteiger charge is 2.29. The number of nitrogens with one attached hydrogen (secondary N) is 1. The second-order valence-electron chi connectivity index (χ2n) is 5.72. The number of hydrogen-bond acceptors (Lipinski definition) is 4. The predicted octanol–water partition coefficient (Wildman–Crippen LogP) is 2.41. The van der Waals surface area contributed by atoms with Crippen LogP contribution in [-0.4, -0.2) is 15.0 Å². The number of nitrogens with two attached hydrogens (primary N) is 1. The molecule has 1 unspecified atom stereocenters. The largest absolute Gasteiger partial charge is 0.271 e. The first-order valence-electron chi connectivity index (χ1n) is 7.64. The fourth-order valence-electron chi connectivity index (χ4n) is 3.28. The molecule has 0 saturated heterocycles. The van der Waals surface area contributed by atoms with Crippen LogP contribution in [0, 0.1) is 11.8 Å². The van der Waals surface area contributed by atoms with E-state index >= 15 is 0 Å². The highest BCUT2D eigenvalue weighted by molar-refractivity contribution is 5.04. The van der Waals surface area contributed by atoms with Crippen molar-refractivity contribution in [3.05, 3.63) is 11.9 Å². The minimum absolute atomic E-state index is 0.194. The zero-order chi connectivity index (χ0) is 13.7. The van der Waals surface area contributed by atoms with Gasteiger partial charge in [-0.15, -0.1) is 5.10 Å². The molecule has 0 spiro atoms. The lowest BCUT2D eigenvalue weighted by Gasteiger charge is -2.33. The number of hydrazine groups is 1. The lowest BCUT2D eigenvalue weighted by molar-refractivity contribution is 0.213. The van der Waals surface area contributed by atoms with E-state index in [4.69, 9.17) is 5.84 Å². The van der Waals surface area contributed by atoms with Gasteiger partial charge in [0.05, 0.1) is 17.9 Å². The third-order valence-corrected chi connectivity index (χ3v) is 4.52. The Hall–Kier alpha value is -0.940. The molecular formula is C14H27N5. The summed E-state index contributed by atoms with van der Waals surface area (Å²) in [5, 5.41) is 8.22. The molecule has 0 amide bonds. The lowest BCUT2D eigenvalue weighted by Crippen LogP contribution is -2.36. The van der Waals surface area contributed by atoms with E-state index in [0.29, 0.717) is 5.92 Å². The Labute approximate surface area is 115 Å². The van der Waals surface area contributed by atoms with Gasteiger partial charge in [0.15, 0.2) is 0 Å². The molecule has 0 aromatic carbocycles. The smallest absolute Gasteiger partial charge is 0.0772 e. The van der Waals surface area contributed by atoms with E-state index in [2.05, 4.69) is 29.6 Å². The zero-order valence-corrected chi connectivity index (χ0v) is 12.2. The number of aromatic nitrogens is 3. The van der Waals surface area contributed by atoms with Crippen molar-refractivity contribution in [2.45, 2.75) is 65.0 Å². The SMILES string of the molecule is CCCn1nncc1C(NN)C1CCC(CC)CC1. The minimum atomic E-state index is 0.194. The average molecular weight is 265 g/mol. The van der Waals surface area contributed by atoms with Gasteiger partial charge in [0.1, 0.15) is 0 Å². The first-order chi connectivity index (χ1) is 9.30. The molecule has 1 heterocycles. The van der Waals surface area contributed by atoms with Crippen LogP contribution in [0.5, 0.6) is 0 Å². The van der Waals surface area contributed by atoms with E-state index in [0.717, 1.165) is 24.6 Å². The van der Waals surface area contributed by atoms with E-state index in [1.165, 1.54) is 32.1 Å². The van der Waals surface area contributed by atoms with E-state index in [1.807, 2.05) is 10.9 Å². The van der Waals surface area contributed by atoms with Gasteiger partial charge in [-0.05, 0) is 31.1 Å². The van der Waals surface area contributed by atoms with Gasteiger partial charge in [-0.3, -0.25) is 11.3 Å². The van der Waals surface area contributed by atoms with E-state index in [9.17, 15) is 0 Å². The number of hydrogen-bond donors (Lipinski definition) is 2. The summed E-state index contributed by atoms with van der Waals surface area (Å²) in [6.07, 6.45) is 9.41. The van der Waals surface area contributed by atoms with Gasteiger partial charge in [0.25, 0.3) is 0 Å². The second kappa shape index (κ2) is 7.01. The lowest BCUT2D eigenvalue weighted by atomic mass is 9.77. The fraction of sp³-hybridized carbons (Fsp3) is 0.857. The van der Waals surface area contributed by atoms with Gasteiger partial charge in [-0.1, -0.05) is 38.3 Å². The summed E-state index contributed by atoms with van der Waals surface area (Å²) in [4.78, 5) is 0. The van der Waals surface area contributed by atoms with Crippen LogP contribution in [-0.2, 0) is 6.54 Å². The monoisotopic (exact) mass is 265 g/mol. The third-order valence-electron chi connectivity index (χ3n) is 4.52. The van der Waals surface area contributed by atoms with Crippen LogP contribution < -0.4 is 11.3 Å². The van der Waals surface area contributed by atoms with Crippen molar-refractivity contribution in [2.24, 2.45) is 17.7 Å². The highest BCUT2D eigenvalue weighted by Crippen LogP contribution is 2.37. The van der Waals surface area contributed by atoms with Crippen LogP contribution in [0.2, 0.25) is 0 Å². The molecule has 1 aromatic rings. The predicted molar refractivity (Wildman–Crippen MR) is 76.1 cm³/mol. The Morgan fingerprint density at radius 1 is 1.37 bits per heavy atom. The van der Waals surface area contributed by atoms with Gasteiger partial charge in [-0.25, -0.2) is 4.68 Å². The molecule has 2 rings (SSSR count). The number of rotatable bonds is 6. The summed E-state index contributed by atoms with van der Waals surface area (Å²) < 4.78 is 2.00. The molecule has 5 nitrogen and oxygen atoms in total. The molecule has 1 aromatic heterocycles. The normalized spacial score (nSPS) is 25.4. The summed E-state index contributed by atoms with van der Waals surface area (Å²) in [5.74, 6) is 7.33. The quantitative estimate of drug-likeness (QED) is 0.612. The molecule has 5 heteroatoms. The molecule has 1 aliphatic carbocycles. The number of nitrogens with zero attached hydrogens (tertiary/aromatic N) is 3. The van der Waals surface area contributed by atoms with Gasteiger partial charge in [0.2, 0.25) is 0 Å². The fourth-order valence-corrected chi connectivity index (χ4v) is 3.28. The molecule has 1 fully saturated rings. The van der Waals surface area contributed by atoms with Gasteiger partial charge in [0, 0.05) is 6.54 Å². The molecule has 19 heavy (non-hydrogen) atoms. The summed E-state index contributed by atoms with van der Waals surface area (Å²) in [5.41, 5.74) is 4.15. The summed E-state index contributed by atoms with van der Waals surface area (Å²) in [7, 11) is 0. The molecule has 0 radical (unpaired) electrons. The van der Waals surface area contributed by atoms with Crippen molar-refractivity contribution in [3.8, 4) is 0 Å². The number of aryl methyl sites for hydroxylation is 1. The maximum absolute atomic E-state index is 5.81. The molecule has 3 N–H and O–H groups in total. The first kappa shape index (κ1) is 14.5. The topological polar surface area (TPSA) is 68.8 Å². The van der Waals surface area contributed by atoms with Gasteiger partial charge >= 0.3 is 0 Å². The van der Waals surface area contributed by atoms with Gasteiger partial charge in [-0.2, -0.15) is 0 Å². The zero-order valence-electron chi connectivity index (χ0n) is 12.2. The van der Waals surface area contributed by atoms with Crippen molar-refractivity contribution in [2.75, 3.05) is 0 Å². The molecule has 1 saturated carbocycles. The summed E-state index contributed by atoms with van der Waals surface area (Å²) >= 11 is 0. The third kappa shape index (κ3) is 3.34. The Morgan fingerprint density at radius 2 is 2.11 bits per heavy atom. The Bertz CT molecular complexity index is 368. The van der Waals surface area contributed by atoms with Crippen LogP contribution in [0.15, 0.2) is 6.20 Å². The van der Waals surface area contributed by atoms with Crippen molar-refractivity contribution in [1.82, 2.24) is 20.4 Å². The summed E-state index contributed by atoms with van der Waals surface area (Å²) in [6, 6.07) is 0.194. The molecule has 0 aliphatic heterocycles. The van der Waals surface area contributed by atoms with Crippen LogP contribution in [0.3, 0.4) is 0 Å². The van der Waals surface area contributed by atoms with Crippen LogP contribution in [0.4, 0.5) is 0 Å². The second-order valence-corrected chi connectivity index (χ2v) is 5.72. The highest BCUT2D eigenvalue weighted by atomic mass is 15.4. The van der Waals surface area contributed by atoms with E-state index in [-0.39, 0.29) is 6.04 Å². The van der Waals surface area contributed by atoms with Crippen LogP contribution in [0.25, 0.3) is 0 Å². The van der Waals surface area contributed by atoms with Crippen molar-refractivity contribution >= 4 is 0 Å². The Balaban J connectivity index is 2.05. The van der Waals surface area contributed by atoms with Crippen molar-refractivity contribution < 1.29 is 0 Å². The standard InChI is InChI=1S/C14H27N5/c1-3-9-19-13(10-16-18-19)14(17-15)12-7-5-11(4-2)6-8-12/h10-12,14,17H,3-9,15H2,1-2H3. The minimum Gasteiger partial charge on any atom is -0.271 e.